The van der Waals surface area contributed by atoms with Crippen LogP contribution in [0.15, 0.2) is 49.1 Å². The van der Waals surface area contributed by atoms with Gasteiger partial charge in [-0.05, 0) is 35.9 Å². The summed E-state index contributed by atoms with van der Waals surface area (Å²) in [7, 11) is 0. The van der Waals surface area contributed by atoms with Crippen molar-refractivity contribution in [1.82, 2.24) is 14.9 Å². The summed E-state index contributed by atoms with van der Waals surface area (Å²) in [5, 5.41) is 4.14. The Morgan fingerprint density at radius 1 is 1.16 bits per heavy atom. The van der Waals surface area contributed by atoms with Gasteiger partial charge < -0.3 is 19.4 Å². The van der Waals surface area contributed by atoms with Gasteiger partial charge in [-0.15, -0.1) is 6.58 Å². The molecule has 4 rings (SSSR count). The number of rotatable bonds is 6. The molecule has 3 aromatic rings. The van der Waals surface area contributed by atoms with Gasteiger partial charge in [0.1, 0.15) is 5.82 Å². The average Bonchev–Trinajstić information content (AvgIpc) is 3.20. The average molecular weight is 356 g/mol. The summed E-state index contributed by atoms with van der Waals surface area (Å²) in [5.74, 6) is 2.55. The van der Waals surface area contributed by atoms with E-state index >= 15 is 0 Å². The predicted octanol–water partition coefficient (Wildman–Crippen LogP) is 3.89. The van der Waals surface area contributed by atoms with Gasteiger partial charge in [0.25, 0.3) is 0 Å². The van der Waals surface area contributed by atoms with Gasteiger partial charge in [0.2, 0.25) is 6.79 Å². The van der Waals surface area contributed by atoms with E-state index in [-0.39, 0.29) is 0 Å². The molecule has 0 fully saturated rings. The van der Waals surface area contributed by atoms with Crippen LogP contribution in [-0.4, -0.2) is 16.3 Å². The van der Waals surface area contributed by atoms with Gasteiger partial charge >= 0.3 is 0 Å². The first-order valence-corrected chi connectivity index (χ1v) is 8.47. The second-order valence-corrected chi connectivity index (χ2v) is 6.29. The van der Waals surface area contributed by atoms with E-state index in [1.807, 2.05) is 42.5 Å². The monoisotopic (exact) mass is 355 g/mol. The van der Waals surface area contributed by atoms with Crippen LogP contribution >= 0.6 is 11.6 Å². The van der Waals surface area contributed by atoms with Crippen LogP contribution in [0.25, 0.3) is 11.0 Å². The number of imidazole rings is 1. The van der Waals surface area contributed by atoms with Crippen LogP contribution in [0.1, 0.15) is 11.4 Å². The minimum Gasteiger partial charge on any atom is -0.454 e. The predicted molar refractivity (Wildman–Crippen MR) is 98.0 cm³/mol. The Labute approximate surface area is 150 Å². The second kappa shape index (κ2) is 6.78. The van der Waals surface area contributed by atoms with Crippen molar-refractivity contribution in [1.29, 1.82) is 0 Å². The largest absolute Gasteiger partial charge is 0.454 e. The molecule has 1 aliphatic heterocycles. The van der Waals surface area contributed by atoms with Gasteiger partial charge in [0.05, 0.1) is 17.6 Å². The third-order valence-electron chi connectivity index (χ3n) is 4.15. The van der Waals surface area contributed by atoms with Crippen LogP contribution in [0, 0.1) is 0 Å². The van der Waals surface area contributed by atoms with Crippen molar-refractivity contribution in [3.05, 3.63) is 65.5 Å². The van der Waals surface area contributed by atoms with Crippen molar-refractivity contribution in [2.24, 2.45) is 0 Å². The Morgan fingerprint density at radius 2 is 2.04 bits per heavy atom. The highest BCUT2D eigenvalue weighted by atomic mass is 35.5. The number of hydrogen-bond donors (Lipinski definition) is 1. The molecule has 5 nitrogen and oxygen atoms in total. The molecular formula is C19H18ClN3O2. The number of benzene rings is 2. The molecule has 1 aliphatic rings. The van der Waals surface area contributed by atoms with Crippen LogP contribution in [-0.2, 0) is 19.6 Å². The first kappa shape index (κ1) is 16.0. The molecule has 0 saturated heterocycles. The van der Waals surface area contributed by atoms with Gasteiger partial charge in [-0.1, -0.05) is 23.7 Å². The molecule has 6 heteroatoms. The number of ether oxygens (including phenoxy) is 2. The van der Waals surface area contributed by atoms with Crippen molar-refractivity contribution in [3.63, 3.8) is 0 Å². The summed E-state index contributed by atoms with van der Waals surface area (Å²) < 4.78 is 12.9. The molecular weight excluding hydrogens is 338 g/mol. The molecule has 0 saturated carbocycles. The Bertz CT molecular complexity index is 936. The topological polar surface area (TPSA) is 48.3 Å². The summed E-state index contributed by atoms with van der Waals surface area (Å²) in [5.41, 5.74) is 3.09. The van der Waals surface area contributed by atoms with E-state index in [1.54, 1.807) is 0 Å². The maximum absolute atomic E-state index is 6.13. The molecule has 128 valence electrons. The van der Waals surface area contributed by atoms with Crippen molar-refractivity contribution in [3.8, 4) is 11.5 Å². The fraction of sp³-hybridized carbons (Fsp3) is 0.211. The zero-order chi connectivity index (χ0) is 17.2. The Hall–Kier alpha value is -2.50. The van der Waals surface area contributed by atoms with Crippen LogP contribution < -0.4 is 14.8 Å². The number of allylic oxidation sites excluding steroid dienone is 1. The lowest BCUT2D eigenvalue weighted by atomic mass is 10.2. The van der Waals surface area contributed by atoms with Crippen molar-refractivity contribution in [2.75, 3.05) is 6.79 Å². The van der Waals surface area contributed by atoms with E-state index in [9.17, 15) is 0 Å². The van der Waals surface area contributed by atoms with Gasteiger partial charge in [-0.25, -0.2) is 4.98 Å². The van der Waals surface area contributed by atoms with Crippen LogP contribution in [0.4, 0.5) is 0 Å². The first-order valence-electron chi connectivity index (χ1n) is 8.09. The number of halogens is 1. The number of hydrogen-bond acceptors (Lipinski definition) is 4. The molecule has 25 heavy (non-hydrogen) atoms. The second-order valence-electron chi connectivity index (χ2n) is 5.85. The van der Waals surface area contributed by atoms with Crippen LogP contribution in [0.2, 0.25) is 5.02 Å². The van der Waals surface area contributed by atoms with Crippen LogP contribution in [0.5, 0.6) is 11.5 Å². The standard InChI is InChI=1S/C19H18ClN3O2/c1-2-7-23-16-9-14(20)4-5-15(16)22-19(23)11-21-10-13-3-6-17-18(8-13)25-12-24-17/h2-6,8-9,21H,1,7,10-12H2. The molecule has 0 radical (unpaired) electrons. The third-order valence-corrected chi connectivity index (χ3v) is 4.39. The molecule has 0 aliphatic carbocycles. The quantitative estimate of drug-likeness (QED) is 0.681. The van der Waals surface area contributed by atoms with Gasteiger partial charge in [-0.3, -0.25) is 0 Å². The summed E-state index contributed by atoms with van der Waals surface area (Å²) >= 11 is 6.13. The Morgan fingerprint density at radius 3 is 2.92 bits per heavy atom. The number of aromatic nitrogens is 2. The van der Waals surface area contributed by atoms with E-state index in [1.165, 1.54) is 0 Å². The Balaban J connectivity index is 1.50. The van der Waals surface area contributed by atoms with E-state index in [0.717, 1.165) is 33.9 Å². The number of nitrogens with one attached hydrogen (secondary N) is 1. The summed E-state index contributed by atoms with van der Waals surface area (Å²) in [6.07, 6.45) is 1.86. The molecule has 0 bridgehead atoms. The highest BCUT2D eigenvalue weighted by Gasteiger charge is 2.13. The smallest absolute Gasteiger partial charge is 0.231 e. The number of nitrogens with zero attached hydrogens (tertiary/aromatic N) is 2. The third kappa shape index (κ3) is 3.21. The first-order chi connectivity index (χ1) is 12.2. The fourth-order valence-corrected chi connectivity index (χ4v) is 3.15. The van der Waals surface area contributed by atoms with Gasteiger partial charge in [0, 0.05) is 18.1 Å². The molecule has 0 atom stereocenters. The Kier molecular flexibility index (Phi) is 4.34. The zero-order valence-corrected chi connectivity index (χ0v) is 14.4. The molecule has 0 amide bonds. The van der Waals surface area contributed by atoms with Crippen LogP contribution in [0.3, 0.4) is 0 Å². The minimum atomic E-state index is 0.292. The molecule has 2 heterocycles. The zero-order valence-electron chi connectivity index (χ0n) is 13.7. The molecule has 1 N–H and O–H groups in total. The molecule has 1 aromatic heterocycles. The molecule has 0 spiro atoms. The van der Waals surface area contributed by atoms with E-state index in [2.05, 4.69) is 16.5 Å². The van der Waals surface area contributed by atoms with E-state index in [4.69, 9.17) is 26.1 Å². The van der Waals surface area contributed by atoms with Crippen molar-refractivity contribution < 1.29 is 9.47 Å². The highest BCUT2D eigenvalue weighted by Crippen LogP contribution is 2.32. The van der Waals surface area contributed by atoms with E-state index in [0.29, 0.717) is 31.4 Å². The molecule has 0 unspecified atom stereocenters. The normalized spacial score (nSPS) is 12.7. The fourth-order valence-electron chi connectivity index (χ4n) is 2.98. The SMILES string of the molecule is C=CCn1c(CNCc2ccc3c(c2)OCO3)nc2ccc(Cl)cc21. The maximum atomic E-state index is 6.13. The van der Waals surface area contributed by atoms with Crippen molar-refractivity contribution in [2.45, 2.75) is 19.6 Å². The maximum Gasteiger partial charge on any atom is 0.231 e. The highest BCUT2D eigenvalue weighted by molar-refractivity contribution is 6.31. The van der Waals surface area contributed by atoms with E-state index < -0.39 is 0 Å². The lowest BCUT2D eigenvalue weighted by Gasteiger charge is -2.08. The number of fused-ring (bicyclic) bond motifs is 2. The summed E-state index contributed by atoms with van der Waals surface area (Å²) in [6.45, 7) is 6.19. The van der Waals surface area contributed by atoms with Gasteiger partial charge in [-0.2, -0.15) is 0 Å². The molecule has 2 aromatic carbocycles. The minimum absolute atomic E-state index is 0.292. The van der Waals surface area contributed by atoms with Crippen molar-refractivity contribution >= 4 is 22.6 Å². The lowest BCUT2D eigenvalue weighted by Crippen LogP contribution is -2.16. The van der Waals surface area contributed by atoms with Gasteiger partial charge in [0.15, 0.2) is 11.5 Å². The summed E-state index contributed by atoms with van der Waals surface area (Å²) in [4.78, 5) is 4.71. The summed E-state index contributed by atoms with van der Waals surface area (Å²) in [6, 6.07) is 11.7. The lowest BCUT2D eigenvalue weighted by molar-refractivity contribution is 0.174.